The predicted octanol–water partition coefficient (Wildman–Crippen LogP) is 15.0. The van der Waals surface area contributed by atoms with E-state index in [2.05, 4.69) is 72.8 Å². The fourth-order valence-corrected chi connectivity index (χ4v) is 8.09. The van der Waals surface area contributed by atoms with Gasteiger partial charge in [-0.15, -0.1) is 0 Å². The van der Waals surface area contributed by atoms with Crippen LogP contribution < -0.4 is 4.90 Å². The number of para-hydroxylation sites is 2. The molecule has 2 nitrogen and oxygen atoms in total. The molecule has 0 fully saturated rings. The monoisotopic (exact) mass is 691 g/mol. The number of furan rings is 1. The molecular formula is C52H33NO. The van der Waals surface area contributed by atoms with Gasteiger partial charge >= 0.3 is 0 Å². The Kier molecular flexibility index (Phi) is 6.02. The van der Waals surface area contributed by atoms with E-state index in [0.717, 1.165) is 81.8 Å². The molecule has 0 aliphatic heterocycles. The average molecular weight is 692 g/mol. The van der Waals surface area contributed by atoms with E-state index in [-0.39, 0.29) is 35.4 Å². The number of hydrogen-bond donors (Lipinski definition) is 0. The summed E-state index contributed by atoms with van der Waals surface area (Å²) in [5, 5.41) is 10.4. The highest BCUT2D eigenvalue weighted by atomic mass is 16.3. The second-order valence-electron chi connectivity index (χ2n) is 13.8. The van der Waals surface area contributed by atoms with Gasteiger partial charge in [-0.2, -0.15) is 0 Å². The lowest BCUT2D eigenvalue weighted by molar-refractivity contribution is 0.670. The number of fused-ring (bicyclic) bond motifs is 9. The van der Waals surface area contributed by atoms with Gasteiger partial charge in [0.05, 0.1) is 11.2 Å². The first-order valence-corrected chi connectivity index (χ1v) is 18.2. The minimum absolute atomic E-state index is 0.0983. The van der Waals surface area contributed by atoms with Crippen LogP contribution in [0, 0.1) is 0 Å². The zero-order chi connectivity index (χ0) is 39.1. The molecule has 0 saturated carbocycles. The number of nitrogens with zero attached hydrogens (tertiary/aromatic N) is 1. The Bertz CT molecular complexity index is 3430. The third-order valence-electron chi connectivity index (χ3n) is 10.7. The molecular weight excluding hydrogens is 655 g/mol. The van der Waals surface area contributed by atoms with Gasteiger partial charge in [0, 0.05) is 33.1 Å². The lowest BCUT2D eigenvalue weighted by Gasteiger charge is -2.28. The molecule has 0 atom stereocenters. The zero-order valence-corrected chi connectivity index (χ0v) is 29.1. The van der Waals surface area contributed by atoms with Crippen LogP contribution in [0.25, 0.3) is 87.3 Å². The van der Waals surface area contributed by atoms with E-state index in [4.69, 9.17) is 4.42 Å². The van der Waals surface area contributed by atoms with Gasteiger partial charge in [0.1, 0.15) is 11.2 Å². The Morgan fingerprint density at radius 2 is 0.963 bits per heavy atom. The van der Waals surface area contributed by atoms with E-state index < -0.39 is 0 Å². The molecule has 0 radical (unpaired) electrons. The van der Waals surface area contributed by atoms with Crippen molar-refractivity contribution < 1.29 is 9.90 Å². The van der Waals surface area contributed by atoms with Crippen molar-refractivity contribution in [3.05, 3.63) is 200 Å². The van der Waals surface area contributed by atoms with Crippen molar-refractivity contribution in [2.24, 2.45) is 0 Å². The number of anilines is 3. The second kappa shape index (κ2) is 12.2. The molecule has 0 aliphatic rings. The van der Waals surface area contributed by atoms with Crippen LogP contribution in [0.1, 0.15) is 5.48 Å². The molecule has 0 N–H and O–H groups in total. The van der Waals surface area contributed by atoms with Gasteiger partial charge in [-0.1, -0.05) is 158 Å². The maximum absolute atomic E-state index is 9.69. The molecule has 1 heterocycles. The molecule has 252 valence electrons. The van der Waals surface area contributed by atoms with Gasteiger partial charge < -0.3 is 9.32 Å². The summed E-state index contributed by atoms with van der Waals surface area (Å²) in [7, 11) is 0. The summed E-state index contributed by atoms with van der Waals surface area (Å²) in [6.45, 7) is 0. The minimum Gasteiger partial charge on any atom is -0.455 e. The summed E-state index contributed by atoms with van der Waals surface area (Å²) >= 11 is 0. The fraction of sp³-hybridized carbons (Fsp3) is 0. The van der Waals surface area contributed by atoms with Gasteiger partial charge in [0.15, 0.2) is 0 Å². The molecule has 0 aliphatic carbocycles. The van der Waals surface area contributed by atoms with Gasteiger partial charge in [-0.05, 0) is 96.8 Å². The van der Waals surface area contributed by atoms with Crippen molar-refractivity contribution in [3.63, 3.8) is 0 Å². The van der Waals surface area contributed by atoms with Gasteiger partial charge in [-0.3, -0.25) is 0 Å². The summed E-state index contributed by atoms with van der Waals surface area (Å²) in [6.07, 6.45) is 0. The summed E-state index contributed by atoms with van der Waals surface area (Å²) in [5.74, 6) is 0. The Morgan fingerprint density at radius 1 is 0.370 bits per heavy atom. The number of hydrogen-bond acceptors (Lipinski definition) is 2. The molecule has 0 bridgehead atoms. The van der Waals surface area contributed by atoms with E-state index in [1.165, 1.54) is 0 Å². The van der Waals surface area contributed by atoms with Crippen LogP contribution in [-0.4, -0.2) is 0 Å². The summed E-state index contributed by atoms with van der Waals surface area (Å²) in [4.78, 5) is 1.90. The Morgan fingerprint density at radius 3 is 1.76 bits per heavy atom. The smallest absolute Gasteiger partial charge is 0.143 e. The highest BCUT2D eigenvalue weighted by molar-refractivity contribution is 6.15. The standard InChI is InChI=1S/C52H33NO/c1-3-12-42-35(10-1)20-21-37-22-23-38(32-49(37)42)34-24-28-40(29-25-34)53(50-33-39-11-2-4-13-43(39)45-14-5-6-15-46(45)50)41-30-26-36(27-31-41)44-17-9-18-48-47-16-7-8-19-51(47)54-52(44)48/h1-33H/i24D,25D,28D,29D. The molecule has 0 spiro atoms. The van der Waals surface area contributed by atoms with Crippen molar-refractivity contribution >= 4 is 82.1 Å². The molecule has 10 aromatic carbocycles. The summed E-state index contributed by atoms with van der Waals surface area (Å²) in [5.41, 5.74) is 6.10. The SMILES string of the molecule is [2H]c1c([2H])c(N(c2ccc(-c3cccc4c3oc3ccccc34)cc2)c2cc3ccccc3c3ccccc23)c([2H])c([2H])c1-c1ccc2ccc3ccccc3c2c1. The fourth-order valence-electron chi connectivity index (χ4n) is 8.09. The van der Waals surface area contributed by atoms with Gasteiger partial charge in [0.25, 0.3) is 0 Å². The molecule has 11 aromatic rings. The lowest BCUT2D eigenvalue weighted by Crippen LogP contribution is -2.10. The summed E-state index contributed by atoms with van der Waals surface area (Å²) < 4.78 is 44.8. The Balaban J connectivity index is 1.13. The molecule has 0 amide bonds. The number of benzene rings is 10. The van der Waals surface area contributed by atoms with E-state index in [1.54, 1.807) is 0 Å². The van der Waals surface area contributed by atoms with Crippen molar-refractivity contribution in [2.45, 2.75) is 0 Å². The minimum atomic E-state index is -0.123. The lowest BCUT2D eigenvalue weighted by atomic mass is 9.96. The van der Waals surface area contributed by atoms with Crippen LogP contribution in [-0.2, 0) is 0 Å². The molecule has 1 aromatic heterocycles. The van der Waals surface area contributed by atoms with Gasteiger partial charge in [0.2, 0.25) is 0 Å². The third-order valence-corrected chi connectivity index (χ3v) is 10.7. The largest absolute Gasteiger partial charge is 0.455 e. The second-order valence-corrected chi connectivity index (χ2v) is 13.8. The first-order chi connectivity index (χ1) is 28.4. The molecule has 2 heteroatoms. The Labute approximate surface area is 318 Å². The van der Waals surface area contributed by atoms with Crippen molar-refractivity contribution in [2.75, 3.05) is 4.90 Å². The van der Waals surface area contributed by atoms with Crippen molar-refractivity contribution in [1.29, 1.82) is 0 Å². The molecule has 0 unspecified atom stereocenters. The van der Waals surface area contributed by atoms with Crippen LogP contribution >= 0.6 is 0 Å². The van der Waals surface area contributed by atoms with E-state index in [0.29, 0.717) is 11.3 Å². The zero-order valence-electron chi connectivity index (χ0n) is 33.1. The van der Waals surface area contributed by atoms with E-state index in [1.807, 2.05) is 108 Å². The molecule has 0 saturated heterocycles. The van der Waals surface area contributed by atoms with Crippen LogP contribution in [0.3, 0.4) is 0 Å². The first-order valence-electron chi connectivity index (χ1n) is 20.2. The van der Waals surface area contributed by atoms with Crippen LogP contribution in [0.15, 0.2) is 205 Å². The van der Waals surface area contributed by atoms with E-state index >= 15 is 0 Å². The number of rotatable bonds is 5. The highest BCUT2D eigenvalue weighted by Gasteiger charge is 2.19. The average Bonchev–Trinajstić information content (AvgIpc) is 3.66. The summed E-state index contributed by atoms with van der Waals surface area (Å²) in [6, 6.07) is 58.6. The normalized spacial score (nSPS) is 12.7. The maximum atomic E-state index is 9.69. The van der Waals surface area contributed by atoms with Crippen molar-refractivity contribution in [3.8, 4) is 22.3 Å². The maximum Gasteiger partial charge on any atom is 0.143 e. The molecule has 54 heavy (non-hydrogen) atoms. The Hall–Kier alpha value is -7.16. The predicted molar refractivity (Wildman–Crippen MR) is 229 cm³/mol. The first kappa shape index (κ1) is 26.6. The van der Waals surface area contributed by atoms with E-state index in [9.17, 15) is 5.48 Å². The quantitative estimate of drug-likeness (QED) is 0.167. The van der Waals surface area contributed by atoms with Crippen LogP contribution in [0.4, 0.5) is 17.1 Å². The topological polar surface area (TPSA) is 16.4 Å². The van der Waals surface area contributed by atoms with Crippen LogP contribution in [0.5, 0.6) is 0 Å². The highest BCUT2D eigenvalue weighted by Crippen LogP contribution is 2.44. The van der Waals surface area contributed by atoms with Gasteiger partial charge in [-0.25, -0.2) is 0 Å². The van der Waals surface area contributed by atoms with Crippen molar-refractivity contribution in [1.82, 2.24) is 0 Å². The molecule has 11 rings (SSSR count). The van der Waals surface area contributed by atoms with Crippen LogP contribution in [0.2, 0.25) is 0 Å². The third kappa shape index (κ3) is 4.88.